The summed E-state index contributed by atoms with van der Waals surface area (Å²) in [6, 6.07) is 10.2. The molecule has 1 atom stereocenters. The molecule has 1 aliphatic rings. The Bertz CT molecular complexity index is 811. The summed E-state index contributed by atoms with van der Waals surface area (Å²) in [5.74, 6) is 0.372. The number of benzene rings is 1. The van der Waals surface area contributed by atoms with Crippen molar-refractivity contribution in [1.29, 1.82) is 0 Å². The molecule has 0 saturated carbocycles. The number of halogens is 1. The van der Waals surface area contributed by atoms with Gasteiger partial charge >= 0.3 is 0 Å². The van der Waals surface area contributed by atoms with Crippen LogP contribution in [0.2, 0.25) is 5.02 Å². The first-order valence-corrected chi connectivity index (χ1v) is 11.0. The lowest BCUT2D eigenvalue weighted by molar-refractivity contribution is -0.123. The minimum atomic E-state index is 0.0291. The Morgan fingerprint density at radius 1 is 1.03 bits per heavy atom. The van der Waals surface area contributed by atoms with Gasteiger partial charge in [-0.15, -0.1) is 0 Å². The van der Waals surface area contributed by atoms with Gasteiger partial charge in [0.05, 0.1) is 24.3 Å². The zero-order valence-electron chi connectivity index (χ0n) is 17.2. The Balaban J connectivity index is 1.58. The van der Waals surface area contributed by atoms with E-state index in [1.54, 1.807) is 17.1 Å². The average molecular weight is 432 g/mol. The SMILES string of the molecule is O=C1CCC(c2ccccc2)CCNC(=O)CN(CCn2cc(Cl)cn2)CCCN1. The highest BCUT2D eigenvalue weighted by Crippen LogP contribution is 2.24. The quantitative estimate of drug-likeness (QED) is 0.779. The minimum Gasteiger partial charge on any atom is -0.356 e. The van der Waals surface area contributed by atoms with Crippen LogP contribution < -0.4 is 10.6 Å². The van der Waals surface area contributed by atoms with Crippen molar-refractivity contribution in [3.8, 4) is 0 Å². The van der Waals surface area contributed by atoms with Crippen LogP contribution in [0.15, 0.2) is 42.7 Å². The summed E-state index contributed by atoms with van der Waals surface area (Å²) >= 11 is 5.92. The van der Waals surface area contributed by atoms with E-state index in [4.69, 9.17) is 11.6 Å². The summed E-state index contributed by atoms with van der Waals surface area (Å²) in [6.45, 7) is 3.62. The fourth-order valence-corrected chi connectivity index (χ4v) is 3.90. The molecule has 1 saturated heterocycles. The first kappa shape index (κ1) is 22.3. The van der Waals surface area contributed by atoms with Crippen molar-refractivity contribution in [2.75, 3.05) is 32.7 Å². The maximum Gasteiger partial charge on any atom is 0.234 e. The number of aromatic nitrogens is 2. The van der Waals surface area contributed by atoms with Crippen molar-refractivity contribution < 1.29 is 9.59 Å². The van der Waals surface area contributed by atoms with Crippen molar-refractivity contribution in [2.24, 2.45) is 0 Å². The van der Waals surface area contributed by atoms with E-state index in [2.05, 4.69) is 32.8 Å². The van der Waals surface area contributed by atoms with E-state index in [0.29, 0.717) is 44.2 Å². The highest BCUT2D eigenvalue weighted by molar-refractivity contribution is 6.30. The van der Waals surface area contributed by atoms with Crippen LogP contribution in [-0.2, 0) is 16.1 Å². The van der Waals surface area contributed by atoms with Crippen LogP contribution in [-0.4, -0.2) is 59.2 Å². The van der Waals surface area contributed by atoms with Crippen molar-refractivity contribution in [3.63, 3.8) is 0 Å². The smallest absolute Gasteiger partial charge is 0.234 e. The molecule has 1 fully saturated rings. The van der Waals surface area contributed by atoms with E-state index in [9.17, 15) is 9.59 Å². The molecule has 1 aromatic heterocycles. The summed E-state index contributed by atoms with van der Waals surface area (Å²) in [6.07, 6.45) is 6.27. The highest BCUT2D eigenvalue weighted by atomic mass is 35.5. The fourth-order valence-electron chi connectivity index (χ4n) is 3.75. The third kappa shape index (κ3) is 7.46. The summed E-state index contributed by atoms with van der Waals surface area (Å²) in [5.41, 5.74) is 1.21. The molecule has 7 nitrogen and oxygen atoms in total. The number of hydrogen-bond acceptors (Lipinski definition) is 4. The molecular weight excluding hydrogens is 402 g/mol. The van der Waals surface area contributed by atoms with Crippen LogP contribution >= 0.6 is 11.6 Å². The zero-order chi connectivity index (χ0) is 21.2. The molecular formula is C22H30ClN5O2. The van der Waals surface area contributed by atoms with E-state index in [1.807, 2.05) is 18.2 Å². The standard InChI is InChI=1S/C22H30ClN5O2/c23-20-15-26-28(16-20)14-13-27-12-4-10-24-21(29)8-7-19(9-11-25-22(30)17-27)18-5-2-1-3-6-18/h1-3,5-6,15-16,19H,4,7-14,17H2,(H,24,29)(H,25,30). The molecule has 2 amide bonds. The van der Waals surface area contributed by atoms with Gasteiger partial charge in [0, 0.05) is 38.8 Å². The maximum atomic E-state index is 12.5. The van der Waals surface area contributed by atoms with Gasteiger partial charge in [0.25, 0.3) is 0 Å². The largest absolute Gasteiger partial charge is 0.356 e. The number of hydrogen-bond donors (Lipinski definition) is 2. The number of nitrogens with one attached hydrogen (secondary N) is 2. The molecule has 2 aromatic rings. The normalized spacial score (nSPS) is 20.2. The Morgan fingerprint density at radius 2 is 1.83 bits per heavy atom. The first-order chi connectivity index (χ1) is 14.6. The number of nitrogens with zero attached hydrogens (tertiary/aromatic N) is 3. The molecule has 8 heteroatoms. The van der Waals surface area contributed by atoms with Gasteiger partial charge in [-0.25, -0.2) is 0 Å². The van der Waals surface area contributed by atoms with Crippen LogP contribution in [0, 0.1) is 0 Å². The maximum absolute atomic E-state index is 12.5. The predicted octanol–water partition coefficient (Wildman–Crippen LogP) is 2.43. The number of carbonyl (C=O) groups excluding carboxylic acids is 2. The van der Waals surface area contributed by atoms with Gasteiger partial charge in [-0.1, -0.05) is 41.9 Å². The average Bonchev–Trinajstić information content (AvgIpc) is 3.17. The Hall–Kier alpha value is -2.38. The summed E-state index contributed by atoms with van der Waals surface area (Å²) in [4.78, 5) is 26.9. The van der Waals surface area contributed by atoms with Crippen LogP contribution in [0.4, 0.5) is 0 Å². The summed E-state index contributed by atoms with van der Waals surface area (Å²) in [5, 5.41) is 10.9. The third-order valence-electron chi connectivity index (χ3n) is 5.39. The minimum absolute atomic E-state index is 0.0291. The van der Waals surface area contributed by atoms with Gasteiger partial charge < -0.3 is 10.6 Å². The second kappa shape index (κ2) is 11.7. The van der Waals surface area contributed by atoms with Crippen molar-refractivity contribution in [1.82, 2.24) is 25.3 Å². The van der Waals surface area contributed by atoms with Crippen LogP contribution in [0.1, 0.15) is 37.2 Å². The molecule has 1 aliphatic heterocycles. The van der Waals surface area contributed by atoms with Crippen LogP contribution in [0.3, 0.4) is 0 Å². The number of rotatable bonds is 4. The molecule has 0 aliphatic carbocycles. The lowest BCUT2D eigenvalue weighted by Crippen LogP contribution is -2.41. The van der Waals surface area contributed by atoms with Crippen LogP contribution in [0.25, 0.3) is 0 Å². The van der Waals surface area contributed by atoms with Crippen molar-refractivity contribution in [3.05, 3.63) is 53.3 Å². The first-order valence-electron chi connectivity index (χ1n) is 10.6. The molecule has 2 heterocycles. The van der Waals surface area contributed by atoms with Gasteiger partial charge in [-0.3, -0.25) is 19.2 Å². The number of amides is 2. The summed E-state index contributed by atoms with van der Waals surface area (Å²) in [7, 11) is 0. The molecule has 2 N–H and O–H groups in total. The van der Waals surface area contributed by atoms with E-state index in [0.717, 1.165) is 25.8 Å². The zero-order valence-corrected chi connectivity index (χ0v) is 18.0. The highest BCUT2D eigenvalue weighted by Gasteiger charge is 2.16. The van der Waals surface area contributed by atoms with E-state index in [-0.39, 0.29) is 17.7 Å². The van der Waals surface area contributed by atoms with Gasteiger partial charge in [0.1, 0.15) is 0 Å². The van der Waals surface area contributed by atoms with Gasteiger partial charge in [0.2, 0.25) is 11.8 Å². The lowest BCUT2D eigenvalue weighted by atomic mass is 9.91. The number of carbonyl (C=O) groups is 2. The molecule has 0 radical (unpaired) electrons. The molecule has 162 valence electrons. The molecule has 0 spiro atoms. The molecule has 1 aromatic carbocycles. The monoisotopic (exact) mass is 431 g/mol. The van der Waals surface area contributed by atoms with Crippen LogP contribution in [0.5, 0.6) is 0 Å². The van der Waals surface area contributed by atoms with E-state index in [1.165, 1.54) is 5.56 Å². The van der Waals surface area contributed by atoms with Gasteiger partial charge in [-0.2, -0.15) is 5.10 Å². The van der Waals surface area contributed by atoms with E-state index < -0.39 is 0 Å². The predicted molar refractivity (Wildman–Crippen MR) is 117 cm³/mol. The van der Waals surface area contributed by atoms with Crippen molar-refractivity contribution >= 4 is 23.4 Å². The van der Waals surface area contributed by atoms with Gasteiger partial charge in [0.15, 0.2) is 0 Å². The fraction of sp³-hybridized carbons (Fsp3) is 0.500. The Kier molecular flexibility index (Phi) is 8.71. The van der Waals surface area contributed by atoms with E-state index >= 15 is 0 Å². The Labute approximate surface area is 182 Å². The third-order valence-corrected chi connectivity index (χ3v) is 5.59. The lowest BCUT2D eigenvalue weighted by Gasteiger charge is -2.23. The second-order valence-electron chi connectivity index (χ2n) is 7.69. The molecule has 30 heavy (non-hydrogen) atoms. The second-order valence-corrected chi connectivity index (χ2v) is 8.12. The summed E-state index contributed by atoms with van der Waals surface area (Å²) < 4.78 is 1.78. The molecule has 3 rings (SSSR count). The molecule has 1 unspecified atom stereocenters. The van der Waals surface area contributed by atoms with Crippen molar-refractivity contribution in [2.45, 2.75) is 38.1 Å². The van der Waals surface area contributed by atoms with Gasteiger partial charge in [-0.05, 0) is 30.7 Å². The molecule has 0 bridgehead atoms. The topological polar surface area (TPSA) is 79.3 Å². The Morgan fingerprint density at radius 3 is 2.60 bits per heavy atom.